The van der Waals surface area contributed by atoms with E-state index in [1.165, 1.54) is 0 Å². The van der Waals surface area contributed by atoms with E-state index >= 15 is 0 Å². The molecule has 0 aliphatic carbocycles. The molecule has 1 aliphatic heterocycles. The number of ether oxygens (including phenoxy) is 2. The van der Waals surface area contributed by atoms with Gasteiger partial charge in [-0.25, -0.2) is 4.79 Å². The summed E-state index contributed by atoms with van der Waals surface area (Å²) >= 11 is 0. The minimum Gasteiger partial charge on any atom is -0.493 e. The van der Waals surface area contributed by atoms with Crippen molar-refractivity contribution in [3.8, 4) is 5.75 Å². The van der Waals surface area contributed by atoms with Gasteiger partial charge in [0.1, 0.15) is 11.4 Å². The molecule has 0 saturated carbocycles. The van der Waals surface area contributed by atoms with Gasteiger partial charge in [-0.2, -0.15) is 0 Å². The number of aryl methyl sites for hydroxylation is 2. The molecule has 0 aromatic heterocycles. The molecular weight excluding hydrogens is 346 g/mol. The molecule has 27 heavy (non-hydrogen) atoms. The molecule has 1 fully saturated rings. The second kappa shape index (κ2) is 9.11. The van der Waals surface area contributed by atoms with Crippen molar-refractivity contribution in [1.29, 1.82) is 0 Å². The van der Waals surface area contributed by atoms with Crippen LogP contribution in [-0.4, -0.2) is 47.4 Å². The summed E-state index contributed by atoms with van der Waals surface area (Å²) in [5.41, 5.74) is 1.58. The molecule has 1 N–H and O–H groups in total. The van der Waals surface area contributed by atoms with Crippen molar-refractivity contribution in [2.75, 3.05) is 19.7 Å². The number of rotatable bonds is 6. The molecule has 1 atom stereocenters. The summed E-state index contributed by atoms with van der Waals surface area (Å²) in [4.78, 5) is 24.7. The third-order valence-corrected chi connectivity index (χ3v) is 4.58. The van der Waals surface area contributed by atoms with Crippen LogP contribution in [0.15, 0.2) is 18.2 Å². The molecule has 2 rings (SSSR count). The maximum atomic E-state index is 12.2. The van der Waals surface area contributed by atoms with Crippen LogP contribution in [0.25, 0.3) is 0 Å². The molecule has 1 heterocycles. The first-order valence-corrected chi connectivity index (χ1v) is 9.56. The summed E-state index contributed by atoms with van der Waals surface area (Å²) < 4.78 is 11.4. The predicted molar refractivity (Wildman–Crippen MR) is 103 cm³/mol. The zero-order valence-corrected chi connectivity index (χ0v) is 16.8. The number of amides is 1. The molecule has 1 aromatic carbocycles. The molecule has 150 valence electrons. The third-order valence-electron chi connectivity index (χ3n) is 4.58. The van der Waals surface area contributed by atoms with Gasteiger partial charge in [-0.1, -0.05) is 6.07 Å². The number of piperidine rings is 1. The number of carboxylic acid groups (broad SMARTS) is 1. The van der Waals surface area contributed by atoms with E-state index in [0.29, 0.717) is 19.6 Å². The maximum absolute atomic E-state index is 12.2. The van der Waals surface area contributed by atoms with Crippen LogP contribution in [0, 0.1) is 12.8 Å². The normalized spacial score (nSPS) is 17.5. The van der Waals surface area contributed by atoms with Crippen LogP contribution in [-0.2, 0) is 16.0 Å². The van der Waals surface area contributed by atoms with Gasteiger partial charge in [0.25, 0.3) is 0 Å². The zero-order chi connectivity index (χ0) is 20.0. The lowest BCUT2D eigenvalue weighted by atomic mass is 9.99. The van der Waals surface area contributed by atoms with Crippen molar-refractivity contribution in [3.05, 3.63) is 29.3 Å². The van der Waals surface area contributed by atoms with Crippen LogP contribution in [0.2, 0.25) is 0 Å². The fraction of sp³-hybridized carbons (Fsp3) is 0.619. The average molecular weight is 377 g/mol. The number of benzene rings is 1. The van der Waals surface area contributed by atoms with Crippen LogP contribution in [0.1, 0.15) is 51.2 Å². The van der Waals surface area contributed by atoms with Gasteiger partial charge >= 0.3 is 12.1 Å². The Hall–Kier alpha value is -2.24. The fourth-order valence-corrected chi connectivity index (χ4v) is 3.19. The fourth-order valence-electron chi connectivity index (χ4n) is 3.19. The van der Waals surface area contributed by atoms with E-state index in [1.807, 2.05) is 45.9 Å². The lowest BCUT2D eigenvalue weighted by Crippen LogP contribution is -2.44. The van der Waals surface area contributed by atoms with Crippen LogP contribution < -0.4 is 4.74 Å². The predicted octanol–water partition coefficient (Wildman–Crippen LogP) is 4.04. The number of carboxylic acids is 1. The Morgan fingerprint density at radius 3 is 2.67 bits per heavy atom. The Morgan fingerprint density at radius 1 is 1.30 bits per heavy atom. The van der Waals surface area contributed by atoms with Crippen LogP contribution in [0.5, 0.6) is 5.75 Å². The van der Waals surface area contributed by atoms with Crippen LogP contribution >= 0.6 is 0 Å². The highest BCUT2D eigenvalue weighted by atomic mass is 16.6. The summed E-state index contributed by atoms with van der Waals surface area (Å²) in [5.74, 6) is 0.265. The average Bonchev–Trinajstić information content (AvgIpc) is 2.58. The first-order chi connectivity index (χ1) is 12.6. The van der Waals surface area contributed by atoms with E-state index < -0.39 is 11.6 Å². The number of aliphatic carboxylic acids is 1. The summed E-state index contributed by atoms with van der Waals surface area (Å²) in [6.45, 7) is 9.50. The van der Waals surface area contributed by atoms with Crippen molar-refractivity contribution in [2.45, 2.75) is 59.0 Å². The summed E-state index contributed by atoms with van der Waals surface area (Å²) in [6, 6.07) is 5.77. The quantitative estimate of drug-likeness (QED) is 0.810. The van der Waals surface area contributed by atoms with E-state index in [1.54, 1.807) is 4.90 Å². The summed E-state index contributed by atoms with van der Waals surface area (Å²) in [7, 11) is 0. The summed E-state index contributed by atoms with van der Waals surface area (Å²) in [6.07, 6.45) is 2.36. The molecule has 0 radical (unpaired) electrons. The molecular formula is C21H31NO5. The SMILES string of the molecule is Cc1cc(OCC2CCCN(C(=O)OC(C)(C)C)C2)ccc1CCC(=O)O. The van der Waals surface area contributed by atoms with Gasteiger partial charge in [0.2, 0.25) is 0 Å². The van der Waals surface area contributed by atoms with Crippen LogP contribution in [0.3, 0.4) is 0 Å². The molecule has 6 nitrogen and oxygen atoms in total. The number of carbonyl (C=O) groups is 2. The van der Waals surface area contributed by atoms with E-state index in [0.717, 1.165) is 36.3 Å². The largest absolute Gasteiger partial charge is 0.493 e. The zero-order valence-electron chi connectivity index (χ0n) is 16.8. The molecule has 1 amide bonds. The van der Waals surface area contributed by atoms with Crippen molar-refractivity contribution in [1.82, 2.24) is 4.90 Å². The topological polar surface area (TPSA) is 76.1 Å². The maximum Gasteiger partial charge on any atom is 0.410 e. The Labute approximate surface area is 161 Å². The number of carbonyl (C=O) groups excluding carboxylic acids is 1. The number of hydrogen-bond acceptors (Lipinski definition) is 4. The first kappa shape index (κ1) is 21.1. The smallest absolute Gasteiger partial charge is 0.410 e. The van der Waals surface area contributed by atoms with Crippen molar-refractivity contribution in [2.24, 2.45) is 5.92 Å². The number of nitrogens with zero attached hydrogens (tertiary/aromatic N) is 1. The lowest BCUT2D eigenvalue weighted by Gasteiger charge is -2.34. The minimum atomic E-state index is -0.790. The molecule has 1 saturated heterocycles. The molecule has 6 heteroatoms. The van der Waals surface area contributed by atoms with Gasteiger partial charge in [0.05, 0.1) is 6.61 Å². The van der Waals surface area contributed by atoms with Gasteiger partial charge < -0.3 is 19.5 Å². The van der Waals surface area contributed by atoms with Crippen molar-refractivity contribution < 1.29 is 24.2 Å². The Morgan fingerprint density at radius 2 is 2.04 bits per heavy atom. The second-order valence-corrected chi connectivity index (χ2v) is 8.23. The van der Waals surface area contributed by atoms with Gasteiger partial charge in [0.15, 0.2) is 0 Å². The third kappa shape index (κ3) is 7.12. The van der Waals surface area contributed by atoms with Gasteiger partial charge in [-0.15, -0.1) is 0 Å². The molecule has 1 aromatic rings. The lowest BCUT2D eigenvalue weighted by molar-refractivity contribution is -0.136. The van der Waals surface area contributed by atoms with Gasteiger partial charge in [0, 0.05) is 25.4 Å². The molecule has 0 bridgehead atoms. The monoisotopic (exact) mass is 377 g/mol. The highest BCUT2D eigenvalue weighted by Gasteiger charge is 2.27. The van der Waals surface area contributed by atoms with Crippen LogP contribution in [0.4, 0.5) is 4.79 Å². The van der Waals surface area contributed by atoms with Crippen molar-refractivity contribution in [3.63, 3.8) is 0 Å². The van der Waals surface area contributed by atoms with E-state index in [2.05, 4.69) is 0 Å². The Balaban J connectivity index is 1.86. The summed E-state index contributed by atoms with van der Waals surface area (Å²) in [5, 5.41) is 8.81. The number of hydrogen-bond donors (Lipinski definition) is 1. The Kier molecular flexibility index (Phi) is 7.11. The standard InChI is InChI=1S/C21H31NO5/c1-15-12-18(9-7-17(15)8-10-19(23)24)26-14-16-6-5-11-22(13-16)20(25)27-21(2,3)4/h7,9,12,16H,5-6,8,10-11,13-14H2,1-4H3,(H,23,24). The van der Waals surface area contributed by atoms with Crippen molar-refractivity contribution >= 4 is 12.1 Å². The highest BCUT2D eigenvalue weighted by molar-refractivity contribution is 5.68. The van der Waals surface area contributed by atoms with Gasteiger partial charge in [-0.3, -0.25) is 4.79 Å². The minimum absolute atomic E-state index is 0.129. The van der Waals surface area contributed by atoms with E-state index in [-0.39, 0.29) is 18.4 Å². The second-order valence-electron chi connectivity index (χ2n) is 8.23. The first-order valence-electron chi connectivity index (χ1n) is 9.56. The molecule has 0 spiro atoms. The van der Waals surface area contributed by atoms with Gasteiger partial charge in [-0.05, 0) is 70.2 Å². The van der Waals surface area contributed by atoms with E-state index in [9.17, 15) is 9.59 Å². The highest BCUT2D eigenvalue weighted by Crippen LogP contribution is 2.23. The molecule has 1 unspecified atom stereocenters. The van der Waals surface area contributed by atoms with E-state index in [4.69, 9.17) is 14.6 Å². The Bertz CT molecular complexity index is 665. The number of likely N-dealkylation sites (tertiary alicyclic amines) is 1. The molecule has 1 aliphatic rings.